The summed E-state index contributed by atoms with van der Waals surface area (Å²) in [4.78, 5) is 27.0. The number of aliphatic hydroxyl groups excluding tert-OH is 1. The highest BCUT2D eigenvalue weighted by atomic mass is 16.5. The van der Waals surface area contributed by atoms with Crippen LogP contribution in [0.2, 0.25) is 0 Å². The van der Waals surface area contributed by atoms with Crippen molar-refractivity contribution in [2.45, 2.75) is 51.5 Å². The molecule has 0 spiro atoms. The Morgan fingerprint density at radius 1 is 1.60 bits per heavy atom. The van der Waals surface area contributed by atoms with Gasteiger partial charge in [-0.25, -0.2) is 4.79 Å². The van der Waals surface area contributed by atoms with E-state index in [1.807, 2.05) is 0 Å². The Hall–Kier alpha value is -1.73. The molecule has 0 aliphatic carbocycles. The van der Waals surface area contributed by atoms with E-state index in [0.29, 0.717) is 19.3 Å². The largest absolute Gasteiger partial charge is 0.390 e. The molecule has 2 N–H and O–H groups in total. The summed E-state index contributed by atoms with van der Waals surface area (Å²) in [6.07, 6.45) is 1.75. The topological polar surface area (TPSA) is 93.5 Å². The summed E-state index contributed by atoms with van der Waals surface area (Å²) >= 11 is 0. The van der Waals surface area contributed by atoms with Gasteiger partial charge >= 0.3 is 5.69 Å². The predicted molar refractivity (Wildman–Crippen MR) is 72.2 cm³/mol. The van der Waals surface area contributed by atoms with Gasteiger partial charge in [0.1, 0.15) is 12.0 Å². The molecule has 0 radical (unpaired) electrons. The van der Waals surface area contributed by atoms with Crippen LogP contribution in [0.25, 0.3) is 0 Å². The molecule has 1 aromatic rings. The van der Waals surface area contributed by atoms with Gasteiger partial charge in [0.25, 0.3) is 0 Å². The molecule has 0 bridgehead atoms. The SMILES string of the molecule is CCC(=O)Nc1ccn([C@H]2CC[C@H](O)[C@@H](C)O2)c(=O)n1. The van der Waals surface area contributed by atoms with Crippen molar-refractivity contribution in [1.29, 1.82) is 0 Å². The lowest BCUT2D eigenvalue weighted by Crippen LogP contribution is -2.39. The van der Waals surface area contributed by atoms with Crippen LogP contribution < -0.4 is 11.0 Å². The van der Waals surface area contributed by atoms with E-state index < -0.39 is 18.0 Å². The second-order valence-electron chi connectivity index (χ2n) is 4.84. The van der Waals surface area contributed by atoms with Crippen LogP contribution in [0, 0.1) is 0 Å². The summed E-state index contributed by atoms with van der Waals surface area (Å²) < 4.78 is 6.97. The molecule has 1 fully saturated rings. The molecule has 1 aromatic heterocycles. The van der Waals surface area contributed by atoms with Crippen molar-refractivity contribution >= 4 is 11.7 Å². The molecule has 0 saturated carbocycles. The van der Waals surface area contributed by atoms with Crippen molar-refractivity contribution in [2.24, 2.45) is 0 Å². The van der Waals surface area contributed by atoms with Crippen LogP contribution in [-0.2, 0) is 9.53 Å². The van der Waals surface area contributed by atoms with Crippen molar-refractivity contribution in [1.82, 2.24) is 9.55 Å². The summed E-state index contributed by atoms with van der Waals surface area (Å²) in [5.41, 5.74) is -0.479. The number of hydrogen-bond acceptors (Lipinski definition) is 5. The van der Waals surface area contributed by atoms with Crippen molar-refractivity contribution in [3.05, 3.63) is 22.7 Å². The highest BCUT2D eigenvalue weighted by Gasteiger charge is 2.28. The van der Waals surface area contributed by atoms with Gasteiger partial charge in [-0.1, -0.05) is 6.92 Å². The number of rotatable bonds is 3. The Kier molecular flexibility index (Phi) is 4.51. The second kappa shape index (κ2) is 6.15. The molecule has 7 heteroatoms. The quantitative estimate of drug-likeness (QED) is 0.848. The monoisotopic (exact) mass is 281 g/mol. The summed E-state index contributed by atoms with van der Waals surface area (Å²) in [6, 6.07) is 1.56. The third-order valence-electron chi connectivity index (χ3n) is 3.35. The van der Waals surface area contributed by atoms with Crippen LogP contribution in [0.15, 0.2) is 17.1 Å². The normalized spacial score (nSPS) is 26.2. The lowest BCUT2D eigenvalue weighted by Gasteiger charge is -2.32. The molecule has 2 rings (SSSR count). The first-order valence-electron chi connectivity index (χ1n) is 6.73. The molecule has 20 heavy (non-hydrogen) atoms. The van der Waals surface area contributed by atoms with E-state index >= 15 is 0 Å². The number of aromatic nitrogens is 2. The van der Waals surface area contributed by atoms with Gasteiger partial charge in [-0.05, 0) is 25.8 Å². The van der Waals surface area contributed by atoms with Gasteiger partial charge in [0.15, 0.2) is 0 Å². The Morgan fingerprint density at radius 2 is 2.35 bits per heavy atom. The van der Waals surface area contributed by atoms with Gasteiger partial charge < -0.3 is 15.2 Å². The highest BCUT2D eigenvalue weighted by molar-refractivity contribution is 5.89. The number of nitrogens with one attached hydrogen (secondary N) is 1. The van der Waals surface area contributed by atoms with Crippen LogP contribution in [0.3, 0.4) is 0 Å². The van der Waals surface area contributed by atoms with E-state index in [1.54, 1.807) is 26.1 Å². The molecule has 1 amide bonds. The average molecular weight is 281 g/mol. The molecule has 1 aliphatic rings. The zero-order valence-corrected chi connectivity index (χ0v) is 11.6. The molecule has 110 valence electrons. The molecule has 7 nitrogen and oxygen atoms in total. The van der Waals surface area contributed by atoms with E-state index in [9.17, 15) is 14.7 Å². The number of ether oxygens (including phenoxy) is 1. The zero-order valence-electron chi connectivity index (χ0n) is 11.6. The fraction of sp³-hybridized carbons (Fsp3) is 0.615. The van der Waals surface area contributed by atoms with Crippen molar-refractivity contribution in [3.63, 3.8) is 0 Å². The summed E-state index contributed by atoms with van der Waals surface area (Å²) in [5, 5.41) is 12.1. The maximum Gasteiger partial charge on any atom is 0.351 e. The third-order valence-corrected chi connectivity index (χ3v) is 3.35. The molecule has 3 atom stereocenters. The summed E-state index contributed by atoms with van der Waals surface area (Å²) in [6.45, 7) is 3.49. The number of hydrogen-bond donors (Lipinski definition) is 2. The van der Waals surface area contributed by atoms with Crippen LogP contribution in [0.4, 0.5) is 5.82 Å². The highest BCUT2D eigenvalue weighted by Crippen LogP contribution is 2.25. The fourth-order valence-corrected chi connectivity index (χ4v) is 2.09. The van der Waals surface area contributed by atoms with E-state index in [-0.39, 0.29) is 17.8 Å². The van der Waals surface area contributed by atoms with Crippen molar-refractivity contribution in [2.75, 3.05) is 5.32 Å². The van der Waals surface area contributed by atoms with E-state index in [1.165, 1.54) is 4.57 Å². The van der Waals surface area contributed by atoms with Gasteiger partial charge in [0, 0.05) is 12.6 Å². The minimum atomic E-state index is -0.502. The fourth-order valence-electron chi connectivity index (χ4n) is 2.09. The number of anilines is 1. The number of aliphatic hydroxyl groups is 1. The number of carbonyl (C=O) groups excluding carboxylic acids is 1. The molecular weight excluding hydrogens is 262 g/mol. The zero-order chi connectivity index (χ0) is 14.7. The van der Waals surface area contributed by atoms with Crippen molar-refractivity contribution in [3.8, 4) is 0 Å². The lowest BCUT2D eigenvalue weighted by atomic mass is 10.1. The third kappa shape index (κ3) is 3.23. The van der Waals surface area contributed by atoms with Crippen LogP contribution in [0.5, 0.6) is 0 Å². The Balaban J connectivity index is 2.14. The van der Waals surface area contributed by atoms with Crippen LogP contribution in [0.1, 0.15) is 39.3 Å². The second-order valence-corrected chi connectivity index (χ2v) is 4.84. The van der Waals surface area contributed by atoms with Crippen molar-refractivity contribution < 1.29 is 14.6 Å². The smallest absolute Gasteiger partial charge is 0.351 e. The van der Waals surface area contributed by atoms with Gasteiger partial charge in [-0.2, -0.15) is 4.98 Å². The Morgan fingerprint density at radius 3 is 2.95 bits per heavy atom. The Labute approximate surface area is 116 Å². The molecule has 0 aromatic carbocycles. The first-order chi connectivity index (χ1) is 9.51. The maximum absolute atomic E-state index is 12.0. The Bertz CT molecular complexity index is 543. The van der Waals surface area contributed by atoms with E-state index in [2.05, 4.69) is 10.3 Å². The number of carbonyl (C=O) groups is 1. The predicted octanol–water partition coefficient (Wildman–Crippen LogP) is 0.650. The standard InChI is InChI=1S/C13H19N3O4/c1-3-11(18)14-10-6-7-16(13(19)15-10)12-5-4-9(17)8(2)20-12/h6-9,12,17H,3-5H2,1-2H3,(H,14,15,18,19)/t8-,9+,12-/m1/s1. The van der Waals surface area contributed by atoms with E-state index in [4.69, 9.17) is 4.74 Å². The van der Waals surface area contributed by atoms with Gasteiger partial charge in [0.05, 0.1) is 12.2 Å². The van der Waals surface area contributed by atoms with Gasteiger partial charge in [0.2, 0.25) is 5.91 Å². The number of nitrogens with zero attached hydrogens (tertiary/aromatic N) is 2. The maximum atomic E-state index is 12.0. The van der Waals surface area contributed by atoms with Gasteiger partial charge in [-0.3, -0.25) is 9.36 Å². The molecule has 1 saturated heterocycles. The molecule has 1 aliphatic heterocycles. The van der Waals surface area contributed by atoms with E-state index in [0.717, 1.165) is 0 Å². The first-order valence-corrected chi connectivity index (χ1v) is 6.73. The van der Waals surface area contributed by atoms with Gasteiger partial charge in [-0.15, -0.1) is 0 Å². The molecule has 0 unspecified atom stereocenters. The van der Waals surface area contributed by atoms with Crippen LogP contribution in [-0.4, -0.2) is 32.8 Å². The van der Waals surface area contributed by atoms with Crippen LogP contribution >= 0.6 is 0 Å². The average Bonchev–Trinajstić information content (AvgIpc) is 2.42. The number of amides is 1. The molecular formula is C13H19N3O4. The summed E-state index contributed by atoms with van der Waals surface area (Å²) in [7, 11) is 0. The summed E-state index contributed by atoms with van der Waals surface area (Å²) in [5.74, 6) is 0.0438. The first kappa shape index (κ1) is 14.7. The minimum Gasteiger partial charge on any atom is -0.390 e. The minimum absolute atomic E-state index is 0.194. The molecule has 2 heterocycles. The lowest BCUT2D eigenvalue weighted by molar-refractivity contribution is -0.139.